The van der Waals surface area contributed by atoms with E-state index in [0.717, 1.165) is 11.3 Å². The first-order chi connectivity index (χ1) is 9.97. The highest BCUT2D eigenvalue weighted by Crippen LogP contribution is 2.26. The first-order valence-electron chi connectivity index (χ1n) is 7.53. The van der Waals surface area contributed by atoms with Crippen LogP contribution in [0, 0.1) is 13.8 Å². The molecule has 0 fully saturated rings. The molecule has 0 aliphatic rings. The molecule has 112 valence electrons. The number of hydrogen-bond acceptors (Lipinski definition) is 2. The van der Waals surface area contributed by atoms with Crippen molar-refractivity contribution in [2.75, 3.05) is 6.61 Å². The average molecular weight is 283 g/mol. The zero-order chi connectivity index (χ0) is 15.4. The lowest BCUT2D eigenvalue weighted by Crippen LogP contribution is -2.19. The third-order valence-corrected chi connectivity index (χ3v) is 3.63. The molecule has 0 aliphatic carbocycles. The first kappa shape index (κ1) is 15.6. The predicted octanol–water partition coefficient (Wildman–Crippen LogP) is 4.51. The fraction of sp³-hybridized carbons (Fsp3) is 0.368. The van der Waals surface area contributed by atoms with E-state index in [1.807, 2.05) is 18.2 Å². The summed E-state index contributed by atoms with van der Waals surface area (Å²) in [6.45, 7) is 9.03. The number of para-hydroxylation sites is 1. The second-order valence-corrected chi connectivity index (χ2v) is 6.03. The van der Waals surface area contributed by atoms with Crippen molar-refractivity contribution in [1.82, 2.24) is 0 Å². The molecule has 1 atom stereocenters. The van der Waals surface area contributed by atoms with E-state index in [9.17, 15) is 0 Å². The lowest BCUT2D eigenvalue weighted by Gasteiger charge is -2.18. The van der Waals surface area contributed by atoms with Crippen molar-refractivity contribution in [2.24, 2.45) is 5.73 Å². The molecule has 0 saturated carbocycles. The Kier molecular flexibility index (Phi) is 5.03. The monoisotopic (exact) mass is 283 g/mol. The van der Waals surface area contributed by atoms with Crippen LogP contribution in [0.5, 0.6) is 5.75 Å². The SMILES string of the molecule is Cc1cc(C)cc(C(N)COc2ccccc2C(C)C)c1. The molecule has 2 aromatic carbocycles. The van der Waals surface area contributed by atoms with Gasteiger partial charge in [-0.1, -0.05) is 61.4 Å². The Bertz CT molecular complexity index is 584. The van der Waals surface area contributed by atoms with Gasteiger partial charge in [0.05, 0.1) is 6.04 Å². The van der Waals surface area contributed by atoms with Crippen LogP contribution in [0.2, 0.25) is 0 Å². The highest BCUT2D eigenvalue weighted by molar-refractivity contribution is 5.36. The number of benzene rings is 2. The summed E-state index contributed by atoms with van der Waals surface area (Å²) >= 11 is 0. The number of rotatable bonds is 5. The highest BCUT2D eigenvalue weighted by atomic mass is 16.5. The largest absolute Gasteiger partial charge is 0.491 e. The first-order valence-corrected chi connectivity index (χ1v) is 7.53. The van der Waals surface area contributed by atoms with Gasteiger partial charge in [-0.2, -0.15) is 0 Å². The van der Waals surface area contributed by atoms with Crippen LogP contribution in [-0.4, -0.2) is 6.61 Å². The number of aryl methyl sites for hydroxylation is 2. The molecule has 0 aliphatic heterocycles. The molecule has 0 bridgehead atoms. The smallest absolute Gasteiger partial charge is 0.122 e. The van der Waals surface area contributed by atoms with Crippen LogP contribution >= 0.6 is 0 Å². The minimum Gasteiger partial charge on any atom is -0.491 e. The molecule has 2 nitrogen and oxygen atoms in total. The van der Waals surface area contributed by atoms with Crippen LogP contribution < -0.4 is 10.5 Å². The molecule has 0 saturated heterocycles. The van der Waals surface area contributed by atoms with E-state index < -0.39 is 0 Å². The molecule has 2 N–H and O–H groups in total. The van der Waals surface area contributed by atoms with Gasteiger partial charge in [0.1, 0.15) is 12.4 Å². The normalized spacial score (nSPS) is 12.5. The van der Waals surface area contributed by atoms with Crippen LogP contribution in [0.1, 0.15) is 48.1 Å². The van der Waals surface area contributed by atoms with Crippen molar-refractivity contribution >= 4 is 0 Å². The van der Waals surface area contributed by atoms with Crippen molar-refractivity contribution in [2.45, 2.75) is 39.7 Å². The zero-order valence-corrected chi connectivity index (χ0v) is 13.4. The standard InChI is InChI=1S/C19H25NO/c1-13(2)17-7-5-6-8-19(17)21-12-18(20)16-10-14(3)9-15(4)11-16/h5-11,13,18H,12,20H2,1-4H3. The van der Waals surface area contributed by atoms with Gasteiger partial charge in [-0.25, -0.2) is 0 Å². The molecule has 0 spiro atoms. The van der Waals surface area contributed by atoms with Crippen molar-refractivity contribution < 1.29 is 4.74 Å². The van der Waals surface area contributed by atoms with Crippen LogP contribution in [0.4, 0.5) is 0 Å². The fourth-order valence-corrected chi connectivity index (χ4v) is 2.59. The summed E-state index contributed by atoms with van der Waals surface area (Å²) in [6.07, 6.45) is 0. The van der Waals surface area contributed by atoms with Crippen molar-refractivity contribution in [3.05, 3.63) is 64.7 Å². The molecule has 0 heterocycles. The molecular formula is C19H25NO. The van der Waals surface area contributed by atoms with Gasteiger partial charge >= 0.3 is 0 Å². The molecule has 2 aromatic rings. The van der Waals surface area contributed by atoms with Crippen LogP contribution in [0.15, 0.2) is 42.5 Å². The van der Waals surface area contributed by atoms with E-state index in [2.05, 4.69) is 52.0 Å². The van der Waals surface area contributed by atoms with E-state index in [1.165, 1.54) is 16.7 Å². The van der Waals surface area contributed by atoms with Gasteiger partial charge in [0.2, 0.25) is 0 Å². The van der Waals surface area contributed by atoms with Crippen LogP contribution in [-0.2, 0) is 0 Å². The van der Waals surface area contributed by atoms with Gasteiger partial charge in [-0.05, 0) is 37.0 Å². The Morgan fingerprint density at radius 3 is 2.24 bits per heavy atom. The van der Waals surface area contributed by atoms with Crippen LogP contribution in [0.25, 0.3) is 0 Å². The maximum atomic E-state index is 6.28. The molecule has 0 aromatic heterocycles. The average Bonchev–Trinajstić information content (AvgIpc) is 2.43. The van der Waals surface area contributed by atoms with E-state index >= 15 is 0 Å². The van der Waals surface area contributed by atoms with E-state index in [0.29, 0.717) is 12.5 Å². The lowest BCUT2D eigenvalue weighted by atomic mass is 10.0. The second kappa shape index (κ2) is 6.77. The number of nitrogens with two attached hydrogens (primary N) is 1. The van der Waals surface area contributed by atoms with Crippen molar-refractivity contribution in [3.63, 3.8) is 0 Å². The summed E-state index contributed by atoms with van der Waals surface area (Å²) in [5.74, 6) is 1.38. The summed E-state index contributed by atoms with van der Waals surface area (Å²) in [5.41, 5.74) is 11.1. The lowest BCUT2D eigenvalue weighted by molar-refractivity contribution is 0.287. The Balaban J connectivity index is 2.09. The molecule has 0 amide bonds. The Morgan fingerprint density at radius 2 is 1.62 bits per heavy atom. The van der Waals surface area contributed by atoms with Gasteiger partial charge in [0.15, 0.2) is 0 Å². The minimum absolute atomic E-state index is 0.108. The van der Waals surface area contributed by atoms with Crippen molar-refractivity contribution in [1.29, 1.82) is 0 Å². The molecule has 2 rings (SSSR count). The van der Waals surface area contributed by atoms with Gasteiger partial charge in [-0.3, -0.25) is 0 Å². The van der Waals surface area contributed by atoms with E-state index in [-0.39, 0.29) is 6.04 Å². The van der Waals surface area contributed by atoms with E-state index in [1.54, 1.807) is 0 Å². The maximum absolute atomic E-state index is 6.28. The topological polar surface area (TPSA) is 35.2 Å². The Hall–Kier alpha value is -1.80. The molecule has 2 heteroatoms. The third kappa shape index (κ3) is 4.08. The van der Waals surface area contributed by atoms with Crippen molar-refractivity contribution in [3.8, 4) is 5.75 Å². The third-order valence-electron chi connectivity index (χ3n) is 3.63. The second-order valence-electron chi connectivity index (χ2n) is 6.03. The Labute approximate surface area is 127 Å². The van der Waals surface area contributed by atoms with Gasteiger partial charge in [0, 0.05) is 0 Å². The summed E-state index contributed by atoms with van der Waals surface area (Å²) in [5, 5.41) is 0. The van der Waals surface area contributed by atoms with Gasteiger partial charge in [0.25, 0.3) is 0 Å². The van der Waals surface area contributed by atoms with Gasteiger partial charge in [-0.15, -0.1) is 0 Å². The summed E-state index contributed by atoms with van der Waals surface area (Å²) in [6, 6.07) is 14.5. The number of ether oxygens (including phenoxy) is 1. The van der Waals surface area contributed by atoms with Crippen LogP contribution in [0.3, 0.4) is 0 Å². The minimum atomic E-state index is -0.108. The predicted molar refractivity (Wildman–Crippen MR) is 88.9 cm³/mol. The fourth-order valence-electron chi connectivity index (χ4n) is 2.59. The quantitative estimate of drug-likeness (QED) is 0.876. The Morgan fingerprint density at radius 1 is 1.00 bits per heavy atom. The molecule has 1 unspecified atom stereocenters. The van der Waals surface area contributed by atoms with E-state index in [4.69, 9.17) is 10.5 Å². The number of hydrogen-bond donors (Lipinski definition) is 1. The summed E-state index contributed by atoms with van der Waals surface area (Å²) < 4.78 is 5.97. The zero-order valence-electron chi connectivity index (χ0n) is 13.4. The molecule has 21 heavy (non-hydrogen) atoms. The van der Waals surface area contributed by atoms with Gasteiger partial charge < -0.3 is 10.5 Å². The molecular weight excluding hydrogens is 258 g/mol. The maximum Gasteiger partial charge on any atom is 0.122 e. The summed E-state index contributed by atoms with van der Waals surface area (Å²) in [4.78, 5) is 0. The molecule has 0 radical (unpaired) electrons. The highest BCUT2D eigenvalue weighted by Gasteiger charge is 2.11. The summed E-state index contributed by atoms with van der Waals surface area (Å²) in [7, 11) is 0.